The third kappa shape index (κ3) is 6.92. The molecule has 120 valence electrons. The second-order valence-electron chi connectivity index (χ2n) is 6.06. The van der Waals surface area contributed by atoms with Crippen LogP contribution in [0.2, 0.25) is 0 Å². The SMILES string of the molecule is COC(=O)/C(=C\CC(C)(C)C)NC(=O)OCc1ccccc1. The number of hydrogen-bond acceptors (Lipinski definition) is 4. The zero-order chi connectivity index (χ0) is 16.6. The number of amides is 1. The van der Waals surface area contributed by atoms with E-state index in [2.05, 4.69) is 10.1 Å². The van der Waals surface area contributed by atoms with Gasteiger partial charge in [0.2, 0.25) is 0 Å². The predicted molar refractivity (Wildman–Crippen MR) is 83.9 cm³/mol. The van der Waals surface area contributed by atoms with E-state index in [0.29, 0.717) is 6.42 Å². The van der Waals surface area contributed by atoms with Gasteiger partial charge in [0.25, 0.3) is 0 Å². The van der Waals surface area contributed by atoms with Crippen molar-refractivity contribution in [3.05, 3.63) is 47.7 Å². The fourth-order valence-electron chi connectivity index (χ4n) is 1.57. The Labute approximate surface area is 131 Å². The molecule has 5 heteroatoms. The fourth-order valence-corrected chi connectivity index (χ4v) is 1.57. The van der Waals surface area contributed by atoms with Crippen LogP contribution in [0.4, 0.5) is 4.79 Å². The van der Waals surface area contributed by atoms with Crippen molar-refractivity contribution in [1.29, 1.82) is 0 Å². The molecule has 0 atom stereocenters. The first kappa shape index (κ1) is 17.8. The number of alkyl carbamates (subject to hydrolysis) is 1. The van der Waals surface area contributed by atoms with Gasteiger partial charge >= 0.3 is 12.1 Å². The van der Waals surface area contributed by atoms with Crippen LogP contribution in [-0.2, 0) is 20.9 Å². The van der Waals surface area contributed by atoms with Crippen molar-refractivity contribution in [2.75, 3.05) is 7.11 Å². The van der Waals surface area contributed by atoms with E-state index in [9.17, 15) is 9.59 Å². The number of ether oxygens (including phenoxy) is 2. The molecular weight excluding hydrogens is 282 g/mol. The highest BCUT2D eigenvalue weighted by atomic mass is 16.6. The van der Waals surface area contributed by atoms with E-state index in [-0.39, 0.29) is 17.7 Å². The topological polar surface area (TPSA) is 64.6 Å². The second-order valence-corrected chi connectivity index (χ2v) is 6.06. The Morgan fingerprint density at radius 3 is 2.36 bits per heavy atom. The van der Waals surface area contributed by atoms with Gasteiger partial charge in [-0.25, -0.2) is 9.59 Å². The minimum absolute atomic E-state index is 0.00506. The van der Waals surface area contributed by atoms with E-state index < -0.39 is 12.1 Å². The smallest absolute Gasteiger partial charge is 0.412 e. The maximum Gasteiger partial charge on any atom is 0.412 e. The molecule has 5 nitrogen and oxygen atoms in total. The standard InChI is InChI=1S/C17H23NO4/c1-17(2,3)11-10-14(15(19)21-4)18-16(20)22-12-13-8-6-5-7-9-13/h5-10H,11-12H2,1-4H3,(H,18,20)/b14-10+. The Balaban J connectivity index is 2.61. The Morgan fingerprint density at radius 2 is 1.82 bits per heavy atom. The predicted octanol–water partition coefficient (Wildman–Crippen LogP) is 3.41. The number of esters is 1. The van der Waals surface area contributed by atoms with Crippen molar-refractivity contribution in [3.8, 4) is 0 Å². The zero-order valence-electron chi connectivity index (χ0n) is 13.5. The summed E-state index contributed by atoms with van der Waals surface area (Å²) in [5, 5.41) is 2.44. The molecule has 0 aliphatic heterocycles. The average Bonchev–Trinajstić information content (AvgIpc) is 2.48. The molecule has 0 saturated carbocycles. The van der Waals surface area contributed by atoms with Gasteiger partial charge in [-0.3, -0.25) is 5.32 Å². The minimum atomic E-state index is -0.686. The van der Waals surface area contributed by atoms with Crippen molar-refractivity contribution < 1.29 is 19.1 Å². The van der Waals surface area contributed by atoms with Crippen molar-refractivity contribution in [3.63, 3.8) is 0 Å². The molecule has 22 heavy (non-hydrogen) atoms. The molecular formula is C17H23NO4. The lowest BCUT2D eigenvalue weighted by atomic mass is 9.92. The summed E-state index contributed by atoms with van der Waals surface area (Å²) in [5.74, 6) is -0.596. The van der Waals surface area contributed by atoms with E-state index in [0.717, 1.165) is 5.56 Å². The van der Waals surface area contributed by atoms with Crippen molar-refractivity contribution >= 4 is 12.1 Å². The summed E-state index contributed by atoms with van der Waals surface area (Å²) in [7, 11) is 1.27. The molecule has 0 fully saturated rings. The number of carbonyl (C=O) groups is 2. The highest BCUT2D eigenvalue weighted by Crippen LogP contribution is 2.19. The number of nitrogens with one attached hydrogen (secondary N) is 1. The highest BCUT2D eigenvalue weighted by molar-refractivity contribution is 5.92. The molecule has 0 aliphatic rings. The molecule has 1 amide bonds. The summed E-state index contributed by atoms with van der Waals surface area (Å²) >= 11 is 0. The maximum atomic E-state index is 11.8. The third-order valence-electron chi connectivity index (χ3n) is 2.77. The van der Waals surface area contributed by atoms with Gasteiger partial charge in [-0.1, -0.05) is 57.2 Å². The van der Waals surface area contributed by atoms with Gasteiger partial charge in [-0.15, -0.1) is 0 Å². The number of methoxy groups -OCH3 is 1. The average molecular weight is 305 g/mol. The summed E-state index contributed by atoms with van der Waals surface area (Å²) < 4.78 is 9.75. The van der Waals surface area contributed by atoms with Crippen molar-refractivity contribution in [2.24, 2.45) is 5.41 Å². The van der Waals surface area contributed by atoms with Crippen LogP contribution in [-0.4, -0.2) is 19.2 Å². The Kier molecular flexibility index (Phi) is 6.63. The summed E-state index contributed by atoms with van der Waals surface area (Å²) in [4.78, 5) is 23.5. The number of carbonyl (C=O) groups excluding carboxylic acids is 2. The normalized spacial score (nSPS) is 11.7. The molecule has 0 unspecified atom stereocenters. The second kappa shape index (κ2) is 8.22. The van der Waals surface area contributed by atoms with Crippen LogP contribution in [0.15, 0.2) is 42.1 Å². The number of allylic oxidation sites excluding steroid dienone is 1. The number of rotatable bonds is 5. The van der Waals surface area contributed by atoms with Crippen LogP contribution in [0.5, 0.6) is 0 Å². The number of benzene rings is 1. The van der Waals surface area contributed by atoms with Crippen LogP contribution >= 0.6 is 0 Å². The lowest BCUT2D eigenvalue weighted by Gasteiger charge is -2.16. The lowest BCUT2D eigenvalue weighted by Crippen LogP contribution is -2.29. The molecule has 0 heterocycles. The summed E-state index contributed by atoms with van der Waals surface area (Å²) in [5.41, 5.74) is 0.959. The Bertz CT molecular complexity index is 529. The fraction of sp³-hybridized carbons (Fsp3) is 0.412. The van der Waals surface area contributed by atoms with E-state index in [1.165, 1.54) is 7.11 Å². The van der Waals surface area contributed by atoms with E-state index >= 15 is 0 Å². The number of hydrogen-bond donors (Lipinski definition) is 1. The van der Waals surface area contributed by atoms with Crippen LogP contribution in [0.25, 0.3) is 0 Å². The molecule has 0 aliphatic carbocycles. The van der Waals surface area contributed by atoms with Crippen LogP contribution in [0, 0.1) is 5.41 Å². The lowest BCUT2D eigenvalue weighted by molar-refractivity contribution is -0.136. The quantitative estimate of drug-likeness (QED) is 0.669. The summed E-state index contributed by atoms with van der Waals surface area (Å²) in [6.45, 7) is 6.24. The summed E-state index contributed by atoms with van der Waals surface area (Å²) in [6.07, 6.45) is 1.58. The Hall–Kier alpha value is -2.30. The first-order valence-corrected chi connectivity index (χ1v) is 7.08. The van der Waals surface area contributed by atoms with Crippen LogP contribution in [0.1, 0.15) is 32.8 Å². The summed E-state index contributed by atoms with van der Waals surface area (Å²) in [6, 6.07) is 9.31. The molecule has 1 N–H and O–H groups in total. The molecule has 0 radical (unpaired) electrons. The largest absolute Gasteiger partial charge is 0.464 e. The maximum absolute atomic E-state index is 11.8. The molecule has 0 bridgehead atoms. The molecule has 1 aromatic carbocycles. The van der Waals surface area contributed by atoms with Gasteiger partial charge in [-0.2, -0.15) is 0 Å². The van der Waals surface area contributed by atoms with E-state index in [1.807, 2.05) is 51.1 Å². The van der Waals surface area contributed by atoms with Crippen LogP contribution < -0.4 is 5.32 Å². The molecule has 1 rings (SSSR count). The van der Waals surface area contributed by atoms with Gasteiger partial charge in [0.1, 0.15) is 12.3 Å². The first-order valence-electron chi connectivity index (χ1n) is 7.08. The molecule has 0 saturated heterocycles. The van der Waals surface area contributed by atoms with Gasteiger partial charge in [0.05, 0.1) is 7.11 Å². The van der Waals surface area contributed by atoms with Gasteiger partial charge in [-0.05, 0) is 17.4 Å². The van der Waals surface area contributed by atoms with Gasteiger partial charge in [0, 0.05) is 0 Å². The first-order chi connectivity index (χ1) is 10.3. The highest BCUT2D eigenvalue weighted by Gasteiger charge is 2.16. The molecule has 1 aromatic rings. The van der Waals surface area contributed by atoms with Crippen molar-refractivity contribution in [2.45, 2.75) is 33.8 Å². The van der Waals surface area contributed by atoms with Crippen molar-refractivity contribution in [1.82, 2.24) is 5.32 Å². The molecule has 0 aromatic heterocycles. The zero-order valence-corrected chi connectivity index (χ0v) is 13.5. The minimum Gasteiger partial charge on any atom is -0.464 e. The monoisotopic (exact) mass is 305 g/mol. The van der Waals surface area contributed by atoms with Gasteiger partial charge < -0.3 is 9.47 Å². The van der Waals surface area contributed by atoms with Gasteiger partial charge in [0.15, 0.2) is 0 Å². The third-order valence-corrected chi connectivity index (χ3v) is 2.77. The Morgan fingerprint density at radius 1 is 1.18 bits per heavy atom. The van der Waals surface area contributed by atoms with E-state index in [4.69, 9.17) is 4.74 Å². The molecule has 0 spiro atoms. The van der Waals surface area contributed by atoms with Crippen LogP contribution in [0.3, 0.4) is 0 Å². The van der Waals surface area contributed by atoms with E-state index in [1.54, 1.807) is 6.08 Å².